The number of halogens is 12. The van der Waals surface area contributed by atoms with Crippen molar-refractivity contribution in [3.63, 3.8) is 0 Å². The monoisotopic (exact) mass is 790 g/mol. The minimum Gasteiger partial charge on any atom is -0.385 e. The number of ether oxygens (including phenoxy) is 4. The van der Waals surface area contributed by atoms with E-state index in [2.05, 4.69) is 0 Å². The Bertz CT molecular complexity index is 994. The smallest absolute Gasteiger partial charge is 0.385 e. The van der Waals surface area contributed by atoms with Crippen LogP contribution in [-0.4, -0.2) is 171 Å². The summed E-state index contributed by atoms with van der Waals surface area (Å²) >= 11 is 0. The Balaban J connectivity index is 2.00. The minimum atomic E-state index is -5.12. The maximum Gasteiger partial charge on any atom is 0.428 e. The molecule has 10 nitrogen and oxygen atoms in total. The Labute approximate surface area is 294 Å². The van der Waals surface area contributed by atoms with Gasteiger partial charge in [0.1, 0.15) is 12.5 Å². The zero-order chi connectivity index (χ0) is 39.3. The van der Waals surface area contributed by atoms with Gasteiger partial charge in [0, 0.05) is 79.8 Å². The molecule has 2 N–H and O–H groups in total. The maximum absolute atomic E-state index is 13.5. The predicted octanol–water partition coefficient (Wildman–Crippen LogP) is 4.94. The van der Waals surface area contributed by atoms with Gasteiger partial charge in [-0.15, -0.1) is 0 Å². The fraction of sp³-hybridized carbons (Fsp3) is 1.00. The number of aliphatic hydroxyl groups excluding tert-OH is 2. The Morgan fingerprint density at radius 2 is 0.769 bits per heavy atom. The van der Waals surface area contributed by atoms with Crippen molar-refractivity contribution in [1.29, 1.82) is 0 Å². The van der Waals surface area contributed by atoms with Crippen LogP contribution in [0.5, 0.6) is 0 Å². The lowest BCUT2D eigenvalue weighted by Crippen LogP contribution is -2.49. The lowest BCUT2D eigenvalue weighted by atomic mass is 10.2. The summed E-state index contributed by atoms with van der Waals surface area (Å²) in [5.41, 5.74) is 0. The van der Waals surface area contributed by atoms with Crippen molar-refractivity contribution in [2.45, 2.75) is 113 Å². The molecule has 0 aromatic rings. The second kappa shape index (κ2) is 21.2. The molecule has 6 atom stereocenters. The summed E-state index contributed by atoms with van der Waals surface area (Å²) in [6.07, 6.45) is -30.7. The second-order valence-corrected chi connectivity index (χ2v) is 12.8. The molecule has 310 valence electrons. The molecule has 2 aliphatic heterocycles. The largest absolute Gasteiger partial charge is 0.428 e. The highest BCUT2D eigenvalue weighted by atomic mass is 19.4. The summed E-state index contributed by atoms with van der Waals surface area (Å²) < 4.78 is 179. The van der Waals surface area contributed by atoms with Gasteiger partial charge in [0.25, 0.3) is 0 Å². The Morgan fingerprint density at radius 1 is 0.481 bits per heavy atom. The SMILES string of the molecule is COCCCCN(CCCN(CCCCN(CCCN(CCCCOC)C(O)C(F)(F)F)C(O)C(F)(F)F)C1OC1C(F)(F)F)C1OC1C(F)(F)F. The highest BCUT2D eigenvalue weighted by molar-refractivity contribution is 4.93. The first kappa shape index (κ1) is 46.9. The number of alkyl halides is 12. The molecule has 0 amide bonds. The molecule has 0 bridgehead atoms. The second-order valence-electron chi connectivity index (χ2n) is 12.8. The van der Waals surface area contributed by atoms with Gasteiger partial charge in [0.05, 0.1) is 0 Å². The van der Waals surface area contributed by atoms with E-state index in [0.29, 0.717) is 35.7 Å². The van der Waals surface area contributed by atoms with Gasteiger partial charge < -0.3 is 29.2 Å². The molecule has 0 spiro atoms. The number of unbranched alkanes of at least 4 members (excludes halogenated alkanes) is 3. The van der Waals surface area contributed by atoms with Crippen molar-refractivity contribution in [2.24, 2.45) is 0 Å². The lowest BCUT2D eigenvalue weighted by molar-refractivity contribution is -0.254. The minimum absolute atomic E-state index is 0.0204. The van der Waals surface area contributed by atoms with Crippen LogP contribution < -0.4 is 0 Å². The van der Waals surface area contributed by atoms with E-state index in [-0.39, 0.29) is 71.4 Å². The average molecular weight is 791 g/mol. The molecule has 0 saturated carbocycles. The van der Waals surface area contributed by atoms with Gasteiger partial charge in [0.15, 0.2) is 12.2 Å². The Morgan fingerprint density at radius 3 is 1.10 bits per heavy atom. The van der Waals surface area contributed by atoms with Crippen molar-refractivity contribution in [3.8, 4) is 0 Å². The van der Waals surface area contributed by atoms with Crippen LogP contribution in [0.1, 0.15) is 51.4 Å². The van der Waals surface area contributed by atoms with Crippen LogP contribution in [0.4, 0.5) is 52.7 Å². The first-order valence-corrected chi connectivity index (χ1v) is 17.0. The molecule has 0 aromatic carbocycles. The summed E-state index contributed by atoms with van der Waals surface area (Å²) in [5.74, 6) is 0. The van der Waals surface area contributed by atoms with Crippen LogP contribution in [0.15, 0.2) is 0 Å². The molecule has 2 heterocycles. The lowest BCUT2D eigenvalue weighted by Gasteiger charge is -2.32. The van der Waals surface area contributed by atoms with Crippen LogP contribution in [0.3, 0.4) is 0 Å². The molecule has 0 aliphatic carbocycles. The van der Waals surface area contributed by atoms with Crippen LogP contribution in [0.25, 0.3) is 0 Å². The summed E-state index contributed by atoms with van der Waals surface area (Å²) in [4.78, 5) is 4.01. The molecular formula is C30H50F12N4O6. The van der Waals surface area contributed by atoms with Gasteiger partial charge in [-0.05, 0) is 51.4 Å². The number of rotatable bonds is 27. The molecule has 6 unspecified atom stereocenters. The zero-order valence-corrected chi connectivity index (χ0v) is 29.0. The molecule has 2 fully saturated rings. The molecule has 52 heavy (non-hydrogen) atoms. The molecule has 0 aromatic heterocycles. The first-order chi connectivity index (χ1) is 24.1. The topological polar surface area (TPSA) is 96.9 Å². The van der Waals surface area contributed by atoms with Gasteiger partial charge in [0.2, 0.25) is 12.5 Å². The highest BCUT2D eigenvalue weighted by Crippen LogP contribution is 2.41. The van der Waals surface area contributed by atoms with E-state index in [1.807, 2.05) is 0 Å². The third-order valence-corrected chi connectivity index (χ3v) is 8.59. The number of hydrogen-bond acceptors (Lipinski definition) is 10. The molecule has 22 heteroatoms. The molecule has 2 rings (SSSR count). The number of aliphatic hydroxyl groups is 2. The van der Waals surface area contributed by atoms with Crippen molar-refractivity contribution in [1.82, 2.24) is 19.6 Å². The molecule has 2 aliphatic rings. The summed E-state index contributed by atoms with van der Waals surface area (Å²) in [6, 6.07) is 0. The summed E-state index contributed by atoms with van der Waals surface area (Å²) in [7, 11) is 2.86. The average Bonchev–Trinajstić information content (AvgIpc) is 3.95. The summed E-state index contributed by atoms with van der Waals surface area (Å²) in [5, 5.41) is 19.7. The van der Waals surface area contributed by atoms with Crippen molar-refractivity contribution < 1.29 is 81.8 Å². The van der Waals surface area contributed by atoms with Crippen LogP contribution >= 0.6 is 0 Å². The number of hydrogen-bond donors (Lipinski definition) is 2. The number of nitrogens with zero attached hydrogens (tertiary/aromatic N) is 4. The predicted molar refractivity (Wildman–Crippen MR) is 161 cm³/mol. The third-order valence-electron chi connectivity index (χ3n) is 8.59. The van der Waals surface area contributed by atoms with Crippen LogP contribution in [0, 0.1) is 0 Å². The van der Waals surface area contributed by atoms with Crippen molar-refractivity contribution >= 4 is 0 Å². The van der Waals surface area contributed by atoms with Crippen LogP contribution in [-0.2, 0) is 18.9 Å². The fourth-order valence-electron chi connectivity index (χ4n) is 5.81. The van der Waals surface area contributed by atoms with Gasteiger partial charge in [-0.2, -0.15) is 52.7 Å². The normalized spacial score (nSPS) is 22.6. The van der Waals surface area contributed by atoms with Gasteiger partial charge >= 0.3 is 24.7 Å². The van der Waals surface area contributed by atoms with E-state index in [1.165, 1.54) is 24.0 Å². The molecule has 0 radical (unpaired) electrons. The Hall–Kier alpha value is -1.24. The van der Waals surface area contributed by atoms with E-state index < -0.39 is 81.5 Å². The highest BCUT2D eigenvalue weighted by Gasteiger charge is 2.61. The van der Waals surface area contributed by atoms with Gasteiger partial charge in [-0.3, -0.25) is 19.6 Å². The number of methoxy groups -OCH3 is 2. The van der Waals surface area contributed by atoms with Crippen molar-refractivity contribution in [3.05, 3.63) is 0 Å². The fourth-order valence-corrected chi connectivity index (χ4v) is 5.81. The standard InChI is InChI=1S/C30H50F12N4O6/c1-49-19-7-5-12-44(24-22(52-24)28(34,35)36)16-9-15-43(23-21(51-23)27(31,32)33)11-3-4-13-45(25(47)29(37,38)39)17-10-18-46(14-6-8-20-50-2)26(48)30(40,41)42/h21-26,47-48H,3-20H2,1-2H3. The maximum atomic E-state index is 13.5. The van der Waals surface area contributed by atoms with E-state index in [9.17, 15) is 62.9 Å². The quantitative estimate of drug-likeness (QED) is 0.0516. The van der Waals surface area contributed by atoms with E-state index in [1.54, 1.807) is 0 Å². The molecule has 2 saturated heterocycles. The summed E-state index contributed by atoms with van der Waals surface area (Å²) in [6.45, 7) is -0.907. The van der Waals surface area contributed by atoms with Crippen molar-refractivity contribution in [2.75, 3.05) is 79.8 Å². The van der Waals surface area contributed by atoms with E-state index >= 15 is 0 Å². The van der Waals surface area contributed by atoms with E-state index in [0.717, 1.165) is 0 Å². The zero-order valence-electron chi connectivity index (χ0n) is 29.0. The van der Waals surface area contributed by atoms with E-state index in [4.69, 9.17) is 18.9 Å². The molecular weight excluding hydrogens is 740 g/mol. The van der Waals surface area contributed by atoms with Gasteiger partial charge in [-0.1, -0.05) is 0 Å². The third kappa shape index (κ3) is 16.6. The Kier molecular flexibility index (Phi) is 19.1. The number of epoxide rings is 2. The van der Waals surface area contributed by atoms with Gasteiger partial charge in [-0.25, -0.2) is 0 Å². The van der Waals surface area contributed by atoms with Crippen LogP contribution in [0.2, 0.25) is 0 Å². The first-order valence-electron chi connectivity index (χ1n) is 17.0.